The zero-order valence-corrected chi connectivity index (χ0v) is 12.1. The fraction of sp³-hybridized carbons (Fsp3) is 0.533. The quantitative estimate of drug-likeness (QED) is 0.871. The molecule has 0 aromatic heterocycles. The average molecular weight is 314 g/mol. The van der Waals surface area contributed by atoms with Crippen LogP contribution in [0.25, 0.3) is 0 Å². The summed E-state index contributed by atoms with van der Waals surface area (Å²) in [5.41, 5.74) is 0.193. The molecule has 3 rings (SSSR count). The van der Waals surface area contributed by atoms with Gasteiger partial charge in [0.1, 0.15) is 0 Å². The fourth-order valence-electron chi connectivity index (χ4n) is 3.10. The Bertz CT molecular complexity index is 573. The lowest BCUT2D eigenvalue weighted by molar-refractivity contribution is 0.0972. The number of fused-ring (bicyclic) bond motifs is 2. The molecule has 3 atom stereocenters. The van der Waals surface area contributed by atoms with E-state index < -0.39 is 17.5 Å². The average Bonchev–Trinajstić information content (AvgIpc) is 3.07. The summed E-state index contributed by atoms with van der Waals surface area (Å²) in [7, 11) is 1.52. The van der Waals surface area contributed by atoms with Gasteiger partial charge in [-0.25, -0.2) is 18.0 Å². The predicted molar refractivity (Wildman–Crippen MR) is 72.6 cm³/mol. The van der Waals surface area contributed by atoms with E-state index in [0.29, 0.717) is 0 Å². The fourth-order valence-corrected chi connectivity index (χ4v) is 3.10. The highest BCUT2D eigenvalue weighted by atomic mass is 19.2. The number of urea groups is 1. The van der Waals surface area contributed by atoms with E-state index in [4.69, 9.17) is 4.74 Å². The molecule has 1 aromatic carbocycles. The Labute approximate surface area is 126 Å². The zero-order valence-electron chi connectivity index (χ0n) is 12.1. The molecular formula is C15H17F3N2O2. The van der Waals surface area contributed by atoms with Crippen LogP contribution in [0.15, 0.2) is 12.1 Å². The van der Waals surface area contributed by atoms with Crippen molar-refractivity contribution in [2.75, 3.05) is 7.05 Å². The van der Waals surface area contributed by atoms with Crippen molar-refractivity contribution in [2.45, 2.75) is 44.1 Å². The molecular weight excluding hydrogens is 297 g/mol. The van der Waals surface area contributed by atoms with E-state index in [0.717, 1.165) is 31.4 Å². The summed E-state index contributed by atoms with van der Waals surface area (Å²) in [4.78, 5) is 13.4. The van der Waals surface area contributed by atoms with Crippen molar-refractivity contribution in [1.29, 1.82) is 0 Å². The molecule has 2 saturated heterocycles. The third-order valence-electron chi connectivity index (χ3n) is 4.22. The highest BCUT2D eigenvalue weighted by molar-refractivity contribution is 5.74. The van der Waals surface area contributed by atoms with Gasteiger partial charge in [0.25, 0.3) is 0 Å². The number of amides is 2. The summed E-state index contributed by atoms with van der Waals surface area (Å²) in [6, 6.07) is 1.42. The number of hydrogen-bond acceptors (Lipinski definition) is 2. The van der Waals surface area contributed by atoms with Gasteiger partial charge in [0.2, 0.25) is 0 Å². The second-order valence-corrected chi connectivity index (χ2v) is 5.90. The van der Waals surface area contributed by atoms with Gasteiger partial charge in [-0.15, -0.1) is 0 Å². The SMILES string of the molecule is CN(Cc1cc(F)c(F)c(F)c1)C(=O)NC1CC2CCC1O2. The van der Waals surface area contributed by atoms with Crippen LogP contribution in [0.5, 0.6) is 0 Å². The first-order valence-corrected chi connectivity index (χ1v) is 7.24. The zero-order chi connectivity index (χ0) is 15.9. The predicted octanol–water partition coefficient (Wildman–Crippen LogP) is 2.57. The molecule has 2 amide bonds. The molecule has 22 heavy (non-hydrogen) atoms. The number of ether oxygens (including phenoxy) is 1. The molecule has 2 heterocycles. The van der Waals surface area contributed by atoms with Crippen LogP contribution in [0.4, 0.5) is 18.0 Å². The van der Waals surface area contributed by atoms with Gasteiger partial charge in [0.05, 0.1) is 18.2 Å². The summed E-state index contributed by atoms with van der Waals surface area (Å²) in [6.45, 7) is -0.0123. The molecule has 2 fully saturated rings. The van der Waals surface area contributed by atoms with Crippen LogP contribution in [-0.4, -0.2) is 36.2 Å². The molecule has 0 radical (unpaired) electrons. The molecule has 1 aromatic rings. The summed E-state index contributed by atoms with van der Waals surface area (Å²) in [6.07, 6.45) is 3.04. The van der Waals surface area contributed by atoms with Crippen molar-refractivity contribution >= 4 is 6.03 Å². The van der Waals surface area contributed by atoms with Gasteiger partial charge in [0, 0.05) is 13.6 Å². The Morgan fingerprint density at radius 2 is 2.00 bits per heavy atom. The van der Waals surface area contributed by atoms with Crippen LogP contribution in [0.2, 0.25) is 0 Å². The monoisotopic (exact) mass is 314 g/mol. The van der Waals surface area contributed by atoms with Crippen LogP contribution in [0.3, 0.4) is 0 Å². The van der Waals surface area contributed by atoms with Gasteiger partial charge in [-0.05, 0) is 37.0 Å². The smallest absolute Gasteiger partial charge is 0.317 e. The van der Waals surface area contributed by atoms with Crippen molar-refractivity contribution in [2.24, 2.45) is 0 Å². The molecule has 2 aliphatic heterocycles. The van der Waals surface area contributed by atoms with E-state index in [2.05, 4.69) is 5.32 Å². The maximum atomic E-state index is 13.2. The summed E-state index contributed by atoms with van der Waals surface area (Å²) >= 11 is 0. The number of carbonyl (C=O) groups is 1. The van der Waals surface area contributed by atoms with Crippen molar-refractivity contribution in [3.63, 3.8) is 0 Å². The van der Waals surface area contributed by atoms with Crippen LogP contribution in [0, 0.1) is 17.5 Å². The Kier molecular flexibility index (Phi) is 3.99. The molecule has 3 unspecified atom stereocenters. The van der Waals surface area contributed by atoms with E-state index in [1.807, 2.05) is 0 Å². The molecule has 120 valence electrons. The molecule has 2 bridgehead atoms. The van der Waals surface area contributed by atoms with Crippen molar-refractivity contribution in [3.05, 3.63) is 35.1 Å². The first-order valence-electron chi connectivity index (χ1n) is 7.24. The number of rotatable bonds is 3. The highest BCUT2D eigenvalue weighted by Gasteiger charge is 2.41. The van der Waals surface area contributed by atoms with E-state index >= 15 is 0 Å². The lowest BCUT2D eigenvalue weighted by Gasteiger charge is -2.24. The van der Waals surface area contributed by atoms with E-state index in [9.17, 15) is 18.0 Å². The molecule has 1 N–H and O–H groups in total. The van der Waals surface area contributed by atoms with Crippen molar-refractivity contribution < 1.29 is 22.7 Å². The highest BCUT2D eigenvalue weighted by Crippen LogP contribution is 2.34. The normalized spacial score (nSPS) is 26.3. The topological polar surface area (TPSA) is 41.6 Å². The second-order valence-electron chi connectivity index (χ2n) is 5.90. The largest absolute Gasteiger partial charge is 0.373 e. The van der Waals surface area contributed by atoms with Crippen molar-refractivity contribution in [1.82, 2.24) is 10.2 Å². The Hall–Kier alpha value is -1.76. The molecule has 0 saturated carbocycles. The Balaban J connectivity index is 1.59. The Morgan fingerprint density at radius 3 is 2.55 bits per heavy atom. The summed E-state index contributed by atoms with van der Waals surface area (Å²) < 4.78 is 44.9. The summed E-state index contributed by atoms with van der Waals surface area (Å²) in [5, 5.41) is 2.87. The first kappa shape index (κ1) is 15.1. The number of halogens is 3. The first-order chi connectivity index (χ1) is 10.4. The number of nitrogens with zero attached hydrogens (tertiary/aromatic N) is 1. The van der Waals surface area contributed by atoms with Crippen LogP contribution >= 0.6 is 0 Å². The Morgan fingerprint density at radius 1 is 1.32 bits per heavy atom. The molecule has 0 aliphatic carbocycles. The number of carbonyl (C=O) groups excluding carboxylic acids is 1. The number of hydrogen-bond donors (Lipinski definition) is 1. The third kappa shape index (κ3) is 2.90. The lowest BCUT2D eigenvalue weighted by Crippen LogP contribution is -2.46. The second kappa shape index (κ2) is 5.79. The minimum absolute atomic E-state index is 0.0123. The lowest BCUT2D eigenvalue weighted by atomic mass is 9.96. The standard InChI is InChI=1S/C15H17F3N2O2/c1-20(7-8-4-10(16)14(18)11(17)5-8)15(21)19-12-6-9-2-3-13(12)22-9/h4-5,9,12-13H,2-3,6-7H2,1H3,(H,19,21). The third-order valence-corrected chi connectivity index (χ3v) is 4.22. The number of nitrogens with one attached hydrogen (secondary N) is 1. The van der Waals surface area contributed by atoms with Crippen molar-refractivity contribution in [3.8, 4) is 0 Å². The maximum Gasteiger partial charge on any atom is 0.317 e. The minimum atomic E-state index is -1.50. The van der Waals surface area contributed by atoms with E-state index in [1.54, 1.807) is 0 Å². The van der Waals surface area contributed by atoms with Crippen LogP contribution < -0.4 is 5.32 Å². The minimum Gasteiger partial charge on any atom is -0.373 e. The van der Waals surface area contributed by atoms with Gasteiger partial charge < -0.3 is 15.0 Å². The van der Waals surface area contributed by atoms with E-state index in [-0.39, 0.29) is 36.4 Å². The molecule has 7 heteroatoms. The van der Waals surface area contributed by atoms with Gasteiger partial charge in [-0.2, -0.15) is 0 Å². The number of benzene rings is 1. The molecule has 0 spiro atoms. The van der Waals surface area contributed by atoms with Gasteiger partial charge in [-0.3, -0.25) is 0 Å². The molecule has 2 aliphatic rings. The molecule has 4 nitrogen and oxygen atoms in total. The summed E-state index contributed by atoms with van der Waals surface area (Å²) in [5.74, 6) is -4.02. The van der Waals surface area contributed by atoms with Crippen LogP contribution in [0.1, 0.15) is 24.8 Å². The van der Waals surface area contributed by atoms with Crippen LogP contribution in [-0.2, 0) is 11.3 Å². The van der Waals surface area contributed by atoms with Gasteiger partial charge in [-0.1, -0.05) is 0 Å². The maximum absolute atomic E-state index is 13.2. The van der Waals surface area contributed by atoms with E-state index in [1.165, 1.54) is 11.9 Å². The van der Waals surface area contributed by atoms with Gasteiger partial charge in [0.15, 0.2) is 17.5 Å². The van der Waals surface area contributed by atoms with Gasteiger partial charge >= 0.3 is 6.03 Å².